The Morgan fingerprint density at radius 1 is 1.28 bits per heavy atom. The Hall–Kier alpha value is -2.73. The quantitative estimate of drug-likeness (QED) is 0.908. The van der Waals surface area contributed by atoms with E-state index in [0.29, 0.717) is 18.8 Å². The van der Waals surface area contributed by atoms with Crippen LogP contribution in [-0.2, 0) is 16.1 Å². The number of hydrogen-bond acceptors (Lipinski definition) is 4. The molecule has 0 aliphatic carbocycles. The highest BCUT2D eigenvalue weighted by Gasteiger charge is 2.31. The van der Waals surface area contributed by atoms with Crippen LogP contribution in [0.4, 0.5) is 11.4 Å². The first-order valence-corrected chi connectivity index (χ1v) is 8.44. The molecule has 2 amide bonds. The Labute approximate surface area is 147 Å². The summed E-state index contributed by atoms with van der Waals surface area (Å²) < 4.78 is 0. The molecule has 0 spiro atoms. The topological polar surface area (TPSA) is 65.5 Å². The van der Waals surface area contributed by atoms with Gasteiger partial charge in [0.15, 0.2) is 0 Å². The van der Waals surface area contributed by atoms with Gasteiger partial charge in [-0.05, 0) is 37.7 Å². The first kappa shape index (κ1) is 17.1. The maximum Gasteiger partial charge on any atom is 0.244 e. The lowest BCUT2D eigenvalue weighted by atomic mass is 10.1. The Morgan fingerprint density at radius 3 is 2.76 bits per heavy atom. The molecule has 0 saturated heterocycles. The van der Waals surface area contributed by atoms with Crippen molar-refractivity contribution in [3.63, 3.8) is 0 Å². The molecule has 2 heterocycles. The average Bonchev–Trinajstić information content (AvgIpc) is 2.65. The molecule has 2 aromatic rings. The fourth-order valence-electron chi connectivity index (χ4n) is 3.03. The molecular weight excluding hydrogens is 316 g/mol. The van der Waals surface area contributed by atoms with Crippen molar-refractivity contribution in [1.82, 2.24) is 9.88 Å². The van der Waals surface area contributed by atoms with E-state index in [1.807, 2.05) is 56.3 Å². The van der Waals surface area contributed by atoms with Crippen LogP contribution in [0.25, 0.3) is 0 Å². The van der Waals surface area contributed by atoms with Crippen molar-refractivity contribution in [2.45, 2.75) is 26.4 Å². The normalized spacial score (nSPS) is 14.8. The van der Waals surface area contributed by atoms with E-state index in [0.717, 1.165) is 11.4 Å². The summed E-state index contributed by atoms with van der Waals surface area (Å²) >= 11 is 0. The van der Waals surface area contributed by atoms with Crippen LogP contribution in [0.5, 0.6) is 0 Å². The van der Waals surface area contributed by atoms with E-state index in [4.69, 9.17) is 0 Å². The van der Waals surface area contributed by atoms with Crippen molar-refractivity contribution in [3.8, 4) is 0 Å². The Morgan fingerprint density at radius 2 is 2.04 bits per heavy atom. The predicted octanol–water partition coefficient (Wildman–Crippen LogP) is 2.28. The molecule has 0 radical (unpaired) electrons. The zero-order chi connectivity index (χ0) is 17.8. The molecule has 0 fully saturated rings. The predicted molar refractivity (Wildman–Crippen MR) is 97.2 cm³/mol. The van der Waals surface area contributed by atoms with Crippen molar-refractivity contribution in [2.24, 2.45) is 0 Å². The summed E-state index contributed by atoms with van der Waals surface area (Å²) in [6.07, 6.45) is 1.75. The average molecular weight is 338 g/mol. The molecule has 1 atom stereocenters. The van der Waals surface area contributed by atoms with Crippen molar-refractivity contribution >= 4 is 23.2 Å². The lowest BCUT2D eigenvalue weighted by molar-refractivity contribution is -0.125. The number of nitrogens with zero attached hydrogens (tertiary/aromatic N) is 3. The highest BCUT2D eigenvalue weighted by atomic mass is 16.2. The van der Waals surface area contributed by atoms with Gasteiger partial charge >= 0.3 is 0 Å². The van der Waals surface area contributed by atoms with Crippen LogP contribution < -0.4 is 10.2 Å². The van der Waals surface area contributed by atoms with E-state index in [9.17, 15) is 9.59 Å². The number of hydrogen-bond donors (Lipinski definition) is 1. The van der Waals surface area contributed by atoms with E-state index in [1.54, 1.807) is 11.1 Å². The number of para-hydroxylation sites is 2. The smallest absolute Gasteiger partial charge is 0.244 e. The SMILES string of the molecule is CCN(Cc1ccccn1)C(C)C(=O)N1CC(=O)Nc2ccccc21. The second kappa shape index (κ2) is 7.44. The molecule has 6 heteroatoms. The van der Waals surface area contributed by atoms with E-state index < -0.39 is 0 Å². The maximum absolute atomic E-state index is 13.1. The summed E-state index contributed by atoms with van der Waals surface area (Å²) in [5.74, 6) is -0.257. The fraction of sp³-hybridized carbons (Fsp3) is 0.316. The fourth-order valence-corrected chi connectivity index (χ4v) is 3.03. The zero-order valence-corrected chi connectivity index (χ0v) is 14.5. The number of benzene rings is 1. The van der Waals surface area contributed by atoms with E-state index in [1.165, 1.54) is 0 Å². The molecule has 6 nitrogen and oxygen atoms in total. The van der Waals surface area contributed by atoms with Gasteiger partial charge in [0.2, 0.25) is 11.8 Å². The van der Waals surface area contributed by atoms with Gasteiger partial charge in [-0.1, -0.05) is 25.1 Å². The van der Waals surface area contributed by atoms with Crippen LogP contribution in [0, 0.1) is 0 Å². The third-order valence-corrected chi connectivity index (χ3v) is 4.44. The number of aromatic nitrogens is 1. The van der Waals surface area contributed by atoms with Gasteiger partial charge in [-0.2, -0.15) is 0 Å². The number of carbonyl (C=O) groups excluding carboxylic acids is 2. The maximum atomic E-state index is 13.1. The number of carbonyl (C=O) groups is 2. The van der Waals surface area contributed by atoms with Crippen LogP contribution in [0.1, 0.15) is 19.5 Å². The van der Waals surface area contributed by atoms with Crippen molar-refractivity contribution in [3.05, 3.63) is 54.4 Å². The second-order valence-electron chi connectivity index (χ2n) is 6.05. The van der Waals surface area contributed by atoms with Crippen LogP contribution in [-0.4, -0.2) is 40.8 Å². The molecule has 1 aromatic carbocycles. The van der Waals surface area contributed by atoms with Crippen molar-refractivity contribution in [1.29, 1.82) is 0 Å². The number of nitrogens with one attached hydrogen (secondary N) is 1. The Balaban J connectivity index is 1.80. The van der Waals surface area contributed by atoms with Crippen molar-refractivity contribution in [2.75, 3.05) is 23.3 Å². The summed E-state index contributed by atoms with van der Waals surface area (Å²) in [5, 5.41) is 2.81. The largest absolute Gasteiger partial charge is 0.323 e. The zero-order valence-electron chi connectivity index (χ0n) is 14.5. The molecule has 1 unspecified atom stereocenters. The molecule has 1 aliphatic rings. The van der Waals surface area contributed by atoms with E-state index in [2.05, 4.69) is 15.2 Å². The number of fused-ring (bicyclic) bond motifs is 1. The van der Waals surface area contributed by atoms with E-state index >= 15 is 0 Å². The highest BCUT2D eigenvalue weighted by Crippen LogP contribution is 2.29. The summed E-state index contributed by atoms with van der Waals surface area (Å²) in [5.41, 5.74) is 2.33. The molecule has 25 heavy (non-hydrogen) atoms. The molecular formula is C19H22N4O2. The standard InChI is InChI=1S/C19H22N4O2/c1-3-22(12-15-8-6-7-11-20-15)14(2)19(25)23-13-18(24)21-16-9-4-5-10-17(16)23/h4-11,14H,3,12-13H2,1-2H3,(H,21,24). The number of rotatable bonds is 5. The summed E-state index contributed by atoms with van der Waals surface area (Å²) in [6, 6.07) is 12.8. The highest BCUT2D eigenvalue weighted by molar-refractivity contribution is 6.11. The van der Waals surface area contributed by atoms with Gasteiger partial charge in [0, 0.05) is 12.7 Å². The Kier molecular flexibility index (Phi) is 5.09. The molecule has 1 N–H and O–H groups in total. The lowest BCUT2D eigenvalue weighted by Gasteiger charge is -2.34. The van der Waals surface area contributed by atoms with Crippen LogP contribution in [0.15, 0.2) is 48.7 Å². The number of amides is 2. The Bertz CT molecular complexity index is 763. The third-order valence-electron chi connectivity index (χ3n) is 4.44. The van der Waals surface area contributed by atoms with E-state index in [-0.39, 0.29) is 24.4 Å². The minimum atomic E-state index is -0.356. The molecule has 1 aromatic heterocycles. The minimum absolute atomic E-state index is 0.0430. The number of anilines is 2. The summed E-state index contributed by atoms with van der Waals surface area (Å²) in [6.45, 7) is 5.24. The first-order chi connectivity index (χ1) is 12.1. The van der Waals surface area contributed by atoms with Gasteiger partial charge in [0.05, 0.1) is 23.1 Å². The monoisotopic (exact) mass is 338 g/mol. The number of pyridine rings is 1. The van der Waals surface area contributed by atoms with Crippen LogP contribution in [0.3, 0.4) is 0 Å². The van der Waals surface area contributed by atoms with Gasteiger partial charge < -0.3 is 5.32 Å². The minimum Gasteiger partial charge on any atom is -0.323 e. The third kappa shape index (κ3) is 3.69. The van der Waals surface area contributed by atoms with Gasteiger partial charge in [-0.3, -0.25) is 24.4 Å². The summed E-state index contributed by atoms with van der Waals surface area (Å²) in [4.78, 5) is 33.0. The molecule has 3 rings (SSSR count). The van der Waals surface area contributed by atoms with Gasteiger partial charge in [-0.15, -0.1) is 0 Å². The molecule has 1 aliphatic heterocycles. The summed E-state index contributed by atoms with van der Waals surface area (Å²) in [7, 11) is 0. The second-order valence-corrected chi connectivity index (χ2v) is 6.05. The first-order valence-electron chi connectivity index (χ1n) is 8.44. The number of likely N-dealkylation sites (N-methyl/N-ethyl adjacent to an activating group) is 1. The lowest BCUT2D eigenvalue weighted by Crippen LogP contribution is -2.51. The van der Waals surface area contributed by atoms with Crippen LogP contribution >= 0.6 is 0 Å². The molecule has 130 valence electrons. The van der Waals surface area contributed by atoms with Crippen LogP contribution in [0.2, 0.25) is 0 Å². The van der Waals surface area contributed by atoms with Crippen molar-refractivity contribution < 1.29 is 9.59 Å². The van der Waals surface area contributed by atoms with Gasteiger partial charge in [0.1, 0.15) is 6.54 Å². The van der Waals surface area contributed by atoms with Gasteiger partial charge in [0.25, 0.3) is 0 Å². The molecule has 0 bridgehead atoms. The molecule has 0 saturated carbocycles. The van der Waals surface area contributed by atoms with Gasteiger partial charge in [-0.25, -0.2) is 0 Å².